The van der Waals surface area contributed by atoms with Crippen molar-refractivity contribution in [1.82, 2.24) is 20.1 Å². The second kappa shape index (κ2) is 6.51. The van der Waals surface area contributed by atoms with Gasteiger partial charge in [-0.15, -0.1) is 0 Å². The van der Waals surface area contributed by atoms with Crippen LogP contribution in [0.1, 0.15) is 37.7 Å². The first-order valence-electron chi connectivity index (χ1n) is 6.25. The van der Waals surface area contributed by atoms with E-state index in [1.54, 1.807) is 0 Å². The van der Waals surface area contributed by atoms with Crippen LogP contribution in [-0.4, -0.2) is 20.1 Å². The van der Waals surface area contributed by atoms with Gasteiger partial charge in [0.15, 0.2) is 11.0 Å². The van der Waals surface area contributed by atoms with Crippen molar-refractivity contribution in [2.45, 2.75) is 44.0 Å². The average Bonchev–Trinajstić information content (AvgIpc) is 2.84. The maximum Gasteiger partial charge on any atom is 0.251 e. The minimum Gasteiger partial charge on any atom is -0.338 e. The molecule has 0 saturated carbocycles. The molecule has 0 aliphatic heterocycles. The van der Waals surface area contributed by atoms with Gasteiger partial charge in [-0.2, -0.15) is 4.98 Å². The summed E-state index contributed by atoms with van der Waals surface area (Å²) in [5.74, 6) is 1.74. The molecule has 0 aliphatic carbocycles. The van der Waals surface area contributed by atoms with Crippen molar-refractivity contribution in [2.24, 2.45) is 0 Å². The van der Waals surface area contributed by atoms with Gasteiger partial charge in [-0.25, -0.2) is 4.98 Å². The second-order valence-electron chi connectivity index (χ2n) is 4.04. The van der Waals surface area contributed by atoms with Crippen molar-refractivity contribution in [3.63, 3.8) is 0 Å². The van der Waals surface area contributed by atoms with Gasteiger partial charge >= 0.3 is 0 Å². The summed E-state index contributed by atoms with van der Waals surface area (Å²) in [6.07, 6.45) is 2.51. The summed E-state index contributed by atoms with van der Waals surface area (Å²) in [6.45, 7) is 4.02. The molecule has 0 unspecified atom stereocenters. The molecule has 2 aromatic heterocycles. The van der Waals surface area contributed by atoms with Crippen molar-refractivity contribution in [3.05, 3.63) is 33.8 Å². The SMILES string of the molecule is CCCc1cc(=O)[nH]c(SCc2nc(CC)no2)n1. The van der Waals surface area contributed by atoms with Gasteiger partial charge in [0.1, 0.15) is 0 Å². The van der Waals surface area contributed by atoms with Crippen LogP contribution >= 0.6 is 11.8 Å². The standard InChI is InChI=1S/C12H16N4O2S/c1-3-5-8-6-10(17)15-12(13-8)19-7-11-14-9(4-2)16-18-11/h6H,3-5,7H2,1-2H3,(H,13,15,17). The molecule has 0 aliphatic rings. The quantitative estimate of drug-likeness (QED) is 0.643. The molecule has 0 radical (unpaired) electrons. The molecular formula is C12H16N4O2S. The number of nitrogens with zero attached hydrogens (tertiary/aromatic N) is 3. The molecule has 0 atom stereocenters. The first-order chi connectivity index (χ1) is 9.21. The predicted molar refractivity (Wildman–Crippen MR) is 72.1 cm³/mol. The van der Waals surface area contributed by atoms with Crippen LogP contribution in [0.2, 0.25) is 0 Å². The molecule has 6 nitrogen and oxygen atoms in total. The van der Waals surface area contributed by atoms with Gasteiger partial charge < -0.3 is 9.51 Å². The van der Waals surface area contributed by atoms with Crippen LogP contribution in [0.3, 0.4) is 0 Å². The lowest BCUT2D eigenvalue weighted by Gasteiger charge is -2.01. The van der Waals surface area contributed by atoms with E-state index < -0.39 is 0 Å². The molecule has 0 saturated heterocycles. The first-order valence-corrected chi connectivity index (χ1v) is 7.24. The Hall–Kier alpha value is -1.63. The summed E-state index contributed by atoms with van der Waals surface area (Å²) in [4.78, 5) is 22.8. The Morgan fingerprint density at radius 1 is 1.37 bits per heavy atom. The molecule has 0 fully saturated rings. The number of thioether (sulfide) groups is 1. The van der Waals surface area contributed by atoms with Gasteiger partial charge in [-0.3, -0.25) is 4.79 Å². The molecule has 2 heterocycles. The Morgan fingerprint density at radius 3 is 2.89 bits per heavy atom. The van der Waals surface area contributed by atoms with E-state index in [4.69, 9.17) is 4.52 Å². The summed E-state index contributed by atoms with van der Waals surface area (Å²) >= 11 is 1.39. The fraction of sp³-hybridized carbons (Fsp3) is 0.500. The molecular weight excluding hydrogens is 264 g/mol. The van der Waals surface area contributed by atoms with Gasteiger partial charge in [-0.05, 0) is 6.42 Å². The summed E-state index contributed by atoms with van der Waals surface area (Å²) in [5, 5.41) is 4.41. The predicted octanol–water partition coefficient (Wildman–Crippen LogP) is 1.96. The van der Waals surface area contributed by atoms with Crippen LogP contribution in [0.25, 0.3) is 0 Å². The molecule has 1 N–H and O–H groups in total. The highest BCUT2D eigenvalue weighted by Crippen LogP contribution is 2.17. The maximum absolute atomic E-state index is 11.5. The molecule has 0 amide bonds. The molecule has 0 bridgehead atoms. The Labute approximate surface area is 115 Å². The van der Waals surface area contributed by atoms with Gasteiger partial charge in [-0.1, -0.05) is 37.2 Å². The van der Waals surface area contributed by atoms with Gasteiger partial charge in [0, 0.05) is 18.2 Å². The normalized spacial score (nSPS) is 10.8. The van der Waals surface area contributed by atoms with Gasteiger partial charge in [0.25, 0.3) is 5.56 Å². The third-order valence-electron chi connectivity index (χ3n) is 2.44. The van der Waals surface area contributed by atoms with Crippen LogP contribution in [0.4, 0.5) is 0 Å². The lowest BCUT2D eigenvalue weighted by molar-refractivity contribution is 0.385. The number of hydrogen-bond acceptors (Lipinski definition) is 6. The van der Waals surface area contributed by atoms with Crippen molar-refractivity contribution < 1.29 is 4.52 Å². The smallest absolute Gasteiger partial charge is 0.251 e. The zero-order valence-electron chi connectivity index (χ0n) is 11.0. The summed E-state index contributed by atoms with van der Waals surface area (Å²) < 4.78 is 5.08. The Balaban J connectivity index is 2.04. The third kappa shape index (κ3) is 3.92. The van der Waals surface area contributed by atoms with Gasteiger partial charge in [0.2, 0.25) is 5.89 Å². The second-order valence-corrected chi connectivity index (χ2v) is 5.00. The van der Waals surface area contributed by atoms with E-state index in [0.29, 0.717) is 22.6 Å². The van der Waals surface area contributed by atoms with Crippen LogP contribution in [0.15, 0.2) is 20.5 Å². The number of rotatable bonds is 6. The van der Waals surface area contributed by atoms with Crippen molar-refractivity contribution in [2.75, 3.05) is 0 Å². The molecule has 0 spiro atoms. The fourth-order valence-electron chi connectivity index (χ4n) is 1.56. The molecule has 0 aromatic carbocycles. The van der Waals surface area contributed by atoms with E-state index in [-0.39, 0.29) is 5.56 Å². The molecule has 7 heteroatoms. The lowest BCUT2D eigenvalue weighted by Crippen LogP contribution is -2.09. The van der Waals surface area contributed by atoms with E-state index >= 15 is 0 Å². The molecule has 19 heavy (non-hydrogen) atoms. The van der Waals surface area contributed by atoms with Crippen molar-refractivity contribution in [1.29, 1.82) is 0 Å². The lowest BCUT2D eigenvalue weighted by atomic mass is 10.2. The number of aryl methyl sites for hydroxylation is 2. The summed E-state index contributed by atoms with van der Waals surface area (Å²) in [6, 6.07) is 1.54. The fourth-order valence-corrected chi connectivity index (χ4v) is 2.29. The van der Waals surface area contributed by atoms with Crippen molar-refractivity contribution >= 4 is 11.8 Å². The molecule has 102 valence electrons. The largest absolute Gasteiger partial charge is 0.338 e. The van der Waals surface area contributed by atoms with E-state index in [9.17, 15) is 4.79 Å². The Bertz CT molecular complexity index is 593. The average molecular weight is 280 g/mol. The van der Waals surface area contributed by atoms with Gasteiger partial charge in [0.05, 0.1) is 5.75 Å². The minimum absolute atomic E-state index is 0.124. The topological polar surface area (TPSA) is 84.7 Å². The minimum atomic E-state index is -0.124. The number of H-pyrrole nitrogens is 1. The Morgan fingerprint density at radius 2 is 2.21 bits per heavy atom. The zero-order chi connectivity index (χ0) is 13.7. The molecule has 2 aromatic rings. The zero-order valence-corrected chi connectivity index (χ0v) is 11.8. The highest BCUT2D eigenvalue weighted by atomic mass is 32.2. The van der Waals surface area contributed by atoms with Crippen LogP contribution in [0, 0.1) is 0 Å². The summed E-state index contributed by atoms with van der Waals surface area (Å²) in [5.41, 5.74) is 0.689. The number of nitrogens with one attached hydrogen (secondary N) is 1. The maximum atomic E-state index is 11.5. The Kier molecular flexibility index (Phi) is 4.73. The molecule has 2 rings (SSSR count). The third-order valence-corrected chi connectivity index (χ3v) is 3.30. The van der Waals surface area contributed by atoms with Crippen LogP contribution in [0.5, 0.6) is 0 Å². The van der Waals surface area contributed by atoms with E-state index in [0.717, 1.165) is 25.0 Å². The number of aromatic nitrogens is 4. The first kappa shape index (κ1) is 13.8. The highest BCUT2D eigenvalue weighted by Gasteiger charge is 2.07. The van der Waals surface area contributed by atoms with Crippen LogP contribution < -0.4 is 5.56 Å². The number of aromatic amines is 1. The van der Waals surface area contributed by atoms with E-state index in [1.165, 1.54) is 17.8 Å². The summed E-state index contributed by atoms with van der Waals surface area (Å²) in [7, 11) is 0. The van der Waals surface area contributed by atoms with E-state index in [2.05, 4.69) is 27.0 Å². The highest BCUT2D eigenvalue weighted by molar-refractivity contribution is 7.98. The van der Waals surface area contributed by atoms with E-state index in [1.807, 2.05) is 6.92 Å². The van der Waals surface area contributed by atoms with Crippen LogP contribution in [-0.2, 0) is 18.6 Å². The monoisotopic (exact) mass is 280 g/mol. The number of hydrogen-bond donors (Lipinski definition) is 1. The van der Waals surface area contributed by atoms with Crippen molar-refractivity contribution in [3.8, 4) is 0 Å².